The molecular formula is C17H31N3O. The minimum Gasteiger partial charge on any atom is -0.490 e. The van der Waals surface area contributed by atoms with E-state index in [1.54, 1.807) is 0 Å². The number of rotatable bonds is 9. The zero-order valence-electron chi connectivity index (χ0n) is 13.5. The monoisotopic (exact) mass is 293 g/mol. The molecule has 1 aliphatic carbocycles. The molecule has 0 atom stereocenters. The standard InChI is InChI=1S/C17H31N3O/c1-2-3-4-5-6-11-21-17-12-19-20(14-17)13-15-7-9-16(18)10-8-15/h12,14-16H,2-11,13,18H2,1H3. The molecule has 0 spiro atoms. The van der Waals surface area contributed by atoms with Crippen LogP contribution >= 0.6 is 0 Å². The maximum absolute atomic E-state index is 5.95. The van der Waals surface area contributed by atoms with Crippen molar-refractivity contribution in [3.8, 4) is 5.75 Å². The van der Waals surface area contributed by atoms with E-state index >= 15 is 0 Å². The summed E-state index contributed by atoms with van der Waals surface area (Å²) in [4.78, 5) is 0. The minimum absolute atomic E-state index is 0.422. The van der Waals surface area contributed by atoms with Gasteiger partial charge in [-0.25, -0.2) is 0 Å². The van der Waals surface area contributed by atoms with Crippen molar-refractivity contribution >= 4 is 0 Å². The largest absolute Gasteiger partial charge is 0.490 e. The Kier molecular flexibility index (Phi) is 7.07. The lowest BCUT2D eigenvalue weighted by Gasteiger charge is -2.25. The number of hydrogen-bond donors (Lipinski definition) is 1. The Morgan fingerprint density at radius 2 is 1.95 bits per heavy atom. The highest BCUT2D eigenvalue weighted by atomic mass is 16.5. The van der Waals surface area contributed by atoms with Gasteiger partial charge in [-0.3, -0.25) is 4.68 Å². The number of unbranched alkanes of at least 4 members (excludes halogenated alkanes) is 4. The van der Waals surface area contributed by atoms with Crippen LogP contribution in [0.4, 0.5) is 0 Å². The van der Waals surface area contributed by atoms with Crippen molar-refractivity contribution in [1.29, 1.82) is 0 Å². The van der Waals surface area contributed by atoms with Gasteiger partial charge in [0, 0.05) is 12.6 Å². The second kappa shape index (κ2) is 9.08. The average molecular weight is 293 g/mol. The molecule has 0 aromatic carbocycles. The molecule has 1 aromatic heterocycles. The highest BCUT2D eigenvalue weighted by molar-refractivity contribution is 5.11. The van der Waals surface area contributed by atoms with Gasteiger partial charge in [0.25, 0.3) is 0 Å². The molecule has 0 amide bonds. The Labute approximate surface area is 129 Å². The first-order valence-corrected chi connectivity index (χ1v) is 8.68. The van der Waals surface area contributed by atoms with Crippen LogP contribution in [0.3, 0.4) is 0 Å². The normalized spacial score (nSPS) is 22.4. The number of hydrogen-bond acceptors (Lipinski definition) is 3. The van der Waals surface area contributed by atoms with Gasteiger partial charge < -0.3 is 10.5 Å². The second-order valence-electron chi connectivity index (χ2n) is 6.44. The Bertz CT molecular complexity index is 383. The van der Waals surface area contributed by atoms with Gasteiger partial charge in [0.05, 0.1) is 19.0 Å². The first-order chi connectivity index (χ1) is 10.3. The van der Waals surface area contributed by atoms with Gasteiger partial charge in [-0.2, -0.15) is 5.10 Å². The van der Waals surface area contributed by atoms with E-state index in [9.17, 15) is 0 Å². The van der Waals surface area contributed by atoms with Crippen LogP contribution in [0.1, 0.15) is 64.7 Å². The molecule has 0 radical (unpaired) electrons. The summed E-state index contributed by atoms with van der Waals surface area (Å²) in [6.45, 7) is 4.06. The summed E-state index contributed by atoms with van der Waals surface area (Å²) < 4.78 is 7.81. The van der Waals surface area contributed by atoms with Gasteiger partial charge in [0.2, 0.25) is 0 Å². The second-order valence-corrected chi connectivity index (χ2v) is 6.44. The number of nitrogens with two attached hydrogens (primary N) is 1. The number of ether oxygens (including phenoxy) is 1. The lowest BCUT2D eigenvalue weighted by Crippen LogP contribution is -2.28. The highest BCUT2D eigenvalue weighted by Gasteiger charge is 2.19. The van der Waals surface area contributed by atoms with Gasteiger partial charge in [0.15, 0.2) is 5.75 Å². The van der Waals surface area contributed by atoms with Gasteiger partial charge in [-0.1, -0.05) is 32.6 Å². The fourth-order valence-electron chi connectivity index (χ4n) is 3.05. The zero-order valence-corrected chi connectivity index (χ0v) is 13.5. The molecule has 1 saturated carbocycles. The zero-order chi connectivity index (χ0) is 14.9. The van der Waals surface area contributed by atoms with Crippen LogP contribution in [0.2, 0.25) is 0 Å². The van der Waals surface area contributed by atoms with Crippen LogP contribution < -0.4 is 10.5 Å². The van der Waals surface area contributed by atoms with Crippen molar-refractivity contribution in [2.75, 3.05) is 6.61 Å². The molecule has 4 nitrogen and oxygen atoms in total. The quantitative estimate of drug-likeness (QED) is 0.705. The third-order valence-electron chi connectivity index (χ3n) is 4.46. The molecule has 0 saturated heterocycles. The molecule has 1 aliphatic rings. The molecule has 0 unspecified atom stereocenters. The van der Waals surface area contributed by atoms with E-state index in [-0.39, 0.29) is 0 Å². The summed E-state index contributed by atoms with van der Waals surface area (Å²) in [6, 6.07) is 0.422. The highest BCUT2D eigenvalue weighted by Crippen LogP contribution is 2.25. The Morgan fingerprint density at radius 3 is 2.71 bits per heavy atom. The molecule has 1 aromatic rings. The Hall–Kier alpha value is -1.03. The summed E-state index contributed by atoms with van der Waals surface area (Å²) in [7, 11) is 0. The van der Waals surface area contributed by atoms with Crippen LogP contribution in [0, 0.1) is 5.92 Å². The van der Waals surface area contributed by atoms with Crippen molar-refractivity contribution in [1.82, 2.24) is 9.78 Å². The summed E-state index contributed by atoms with van der Waals surface area (Å²) in [6.07, 6.45) is 15.0. The maximum Gasteiger partial charge on any atom is 0.157 e. The number of nitrogens with zero attached hydrogens (tertiary/aromatic N) is 2. The molecule has 0 bridgehead atoms. The van der Waals surface area contributed by atoms with Crippen molar-refractivity contribution in [3.05, 3.63) is 12.4 Å². The van der Waals surface area contributed by atoms with E-state index in [4.69, 9.17) is 10.5 Å². The molecule has 120 valence electrons. The third-order valence-corrected chi connectivity index (χ3v) is 4.46. The van der Waals surface area contributed by atoms with Crippen molar-refractivity contribution in [3.63, 3.8) is 0 Å². The van der Waals surface area contributed by atoms with E-state index in [1.807, 2.05) is 17.1 Å². The van der Waals surface area contributed by atoms with Gasteiger partial charge >= 0.3 is 0 Å². The fraction of sp³-hybridized carbons (Fsp3) is 0.824. The van der Waals surface area contributed by atoms with Crippen LogP contribution in [-0.4, -0.2) is 22.4 Å². The summed E-state index contributed by atoms with van der Waals surface area (Å²) >= 11 is 0. The van der Waals surface area contributed by atoms with E-state index in [0.717, 1.165) is 44.1 Å². The molecule has 2 N–H and O–H groups in total. The van der Waals surface area contributed by atoms with Crippen molar-refractivity contribution in [2.24, 2.45) is 11.7 Å². The van der Waals surface area contributed by atoms with Gasteiger partial charge in [0.1, 0.15) is 0 Å². The van der Waals surface area contributed by atoms with Crippen LogP contribution in [0.25, 0.3) is 0 Å². The number of aromatic nitrogens is 2. The van der Waals surface area contributed by atoms with Gasteiger partial charge in [-0.15, -0.1) is 0 Å². The van der Waals surface area contributed by atoms with Gasteiger partial charge in [-0.05, 0) is 38.0 Å². The molecule has 21 heavy (non-hydrogen) atoms. The Balaban J connectivity index is 1.62. The predicted molar refractivity (Wildman–Crippen MR) is 86.4 cm³/mol. The smallest absolute Gasteiger partial charge is 0.157 e. The molecule has 4 heteroatoms. The molecule has 0 aliphatic heterocycles. The van der Waals surface area contributed by atoms with Crippen LogP contribution in [0.15, 0.2) is 12.4 Å². The lowest BCUT2D eigenvalue weighted by molar-refractivity contribution is 0.283. The molecule has 1 heterocycles. The first kappa shape index (κ1) is 16.3. The fourth-order valence-corrected chi connectivity index (χ4v) is 3.05. The molecule has 1 fully saturated rings. The van der Waals surface area contributed by atoms with E-state index < -0.39 is 0 Å². The minimum atomic E-state index is 0.422. The SMILES string of the molecule is CCCCCCCOc1cnn(CC2CCC(N)CC2)c1. The average Bonchev–Trinajstić information content (AvgIpc) is 2.93. The van der Waals surface area contributed by atoms with E-state index in [0.29, 0.717) is 6.04 Å². The Morgan fingerprint density at radius 1 is 1.19 bits per heavy atom. The lowest BCUT2D eigenvalue weighted by atomic mass is 9.86. The maximum atomic E-state index is 5.95. The summed E-state index contributed by atoms with van der Waals surface area (Å²) in [5.74, 6) is 1.64. The predicted octanol–water partition coefficient (Wildman–Crippen LogP) is 3.75. The topological polar surface area (TPSA) is 53.1 Å². The van der Waals surface area contributed by atoms with E-state index in [1.165, 1.54) is 38.5 Å². The first-order valence-electron chi connectivity index (χ1n) is 8.68. The summed E-state index contributed by atoms with van der Waals surface area (Å²) in [5.41, 5.74) is 5.95. The van der Waals surface area contributed by atoms with Crippen molar-refractivity contribution < 1.29 is 4.74 Å². The van der Waals surface area contributed by atoms with Crippen LogP contribution in [-0.2, 0) is 6.54 Å². The van der Waals surface area contributed by atoms with Crippen molar-refractivity contribution in [2.45, 2.75) is 77.3 Å². The third kappa shape index (κ3) is 6.08. The van der Waals surface area contributed by atoms with Crippen LogP contribution in [0.5, 0.6) is 5.75 Å². The molecule has 2 rings (SSSR count). The molecular weight excluding hydrogens is 262 g/mol. The van der Waals surface area contributed by atoms with E-state index in [2.05, 4.69) is 12.0 Å². The summed E-state index contributed by atoms with van der Waals surface area (Å²) in [5, 5.41) is 4.42.